The Hall–Kier alpha value is -1.16. The van der Waals surface area contributed by atoms with E-state index in [-0.39, 0.29) is 24.0 Å². The molecule has 3 heterocycles. The number of thiophene rings is 1. The van der Waals surface area contributed by atoms with Crippen LogP contribution in [0.15, 0.2) is 46.8 Å². The highest BCUT2D eigenvalue weighted by Gasteiger charge is 2.24. The monoisotopic (exact) mass is 553 g/mol. The van der Waals surface area contributed by atoms with E-state index < -0.39 is 0 Å². The molecule has 0 amide bonds. The summed E-state index contributed by atoms with van der Waals surface area (Å²) >= 11 is 1.85. The van der Waals surface area contributed by atoms with Crippen LogP contribution < -0.4 is 10.6 Å². The molecule has 2 aliphatic rings. The van der Waals surface area contributed by atoms with Crippen molar-refractivity contribution in [2.24, 2.45) is 4.99 Å². The van der Waals surface area contributed by atoms with Crippen LogP contribution in [0.3, 0.4) is 0 Å². The number of aliphatic imine (C=N–C) groups is 1. The molecule has 2 saturated heterocycles. The second-order valence-corrected chi connectivity index (χ2v) is 9.36. The number of rotatable bonds is 8. The first-order valence-corrected chi connectivity index (χ1v) is 12.2. The molecule has 0 radical (unpaired) electrons. The van der Waals surface area contributed by atoms with Gasteiger partial charge in [-0.1, -0.05) is 30.3 Å². The Labute approximate surface area is 208 Å². The standard InChI is InChI=1S/C24H35N5S.HI/c1-25-24(27-18-22(23-7-6-16-30-23)29-14-4-5-15-29)26-17-20-8-10-21(11-9-20)19-28-12-2-3-13-28;/h6-11,16,22H,2-5,12-15,17-19H2,1H3,(H2,25,26,27);1H. The molecule has 31 heavy (non-hydrogen) atoms. The average Bonchev–Trinajstić information content (AvgIpc) is 3.56. The third-order valence-electron chi connectivity index (χ3n) is 6.23. The Morgan fingerprint density at radius 1 is 0.968 bits per heavy atom. The van der Waals surface area contributed by atoms with Crippen molar-refractivity contribution in [3.8, 4) is 0 Å². The molecule has 0 aliphatic carbocycles. The van der Waals surface area contributed by atoms with E-state index in [1.54, 1.807) is 0 Å². The van der Waals surface area contributed by atoms with E-state index in [1.807, 2.05) is 18.4 Å². The summed E-state index contributed by atoms with van der Waals surface area (Å²) < 4.78 is 0. The van der Waals surface area contributed by atoms with Crippen molar-refractivity contribution in [1.82, 2.24) is 20.4 Å². The molecule has 1 atom stereocenters. The van der Waals surface area contributed by atoms with Crippen LogP contribution in [0.1, 0.15) is 47.7 Å². The summed E-state index contributed by atoms with van der Waals surface area (Å²) in [6, 6.07) is 13.9. The molecule has 170 valence electrons. The normalized spacial score (nSPS) is 18.7. The zero-order valence-corrected chi connectivity index (χ0v) is 21.7. The number of benzene rings is 1. The van der Waals surface area contributed by atoms with Crippen molar-refractivity contribution in [3.05, 3.63) is 57.8 Å². The second-order valence-electron chi connectivity index (χ2n) is 8.38. The van der Waals surface area contributed by atoms with E-state index in [2.05, 4.69) is 67.2 Å². The molecule has 2 fully saturated rings. The summed E-state index contributed by atoms with van der Waals surface area (Å²) in [6.45, 7) is 7.63. The maximum atomic E-state index is 4.44. The highest BCUT2D eigenvalue weighted by atomic mass is 127. The summed E-state index contributed by atoms with van der Waals surface area (Å²) in [5, 5.41) is 9.22. The Balaban J connectivity index is 0.00000272. The molecule has 0 saturated carbocycles. The first-order chi connectivity index (χ1) is 14.8. The van der Waals surface area contributed by atoms with Crippen molar-refractivity contribution in [2.45, 2.75) is 44.8 Å². The topological polar surface area (TPSA) is 42.9 Å². The minimum Gasteiger partial charge on any atom is -0.354 e. The molecule has 2 aliphatic heterocycles. The van der Waals surface area contributed by atoms with Crippen LogP contribution in [0.5, 0.6) is 0 Å². The zero-order valence-electron chi connectivity index (χ0n) is 18.6. The van der Waals surface area contributed by atoms with Crippen LogP contribution in [-0.2, 0) is 13.1 Å². The molecular formula is C24H36IN5S. The number of nitrogens with zero attached hydrogens (tertiary/aromatic N) is 3. The van der Waals surface area contributed by atoms with Crippen LogP contribution in [0.2, 0.25) is 0 Å². The first-order valence-electron chi connectivity index (χ1n) is 11.3. The molecule has 4 rings (SSSR count). The van der Waals surface area contributed by atoms with Gasteiger partial charge in [0.25, 0.3) is 0 Å². The molecule has 1 aromatic carbocycles. The fraction of sp³-hybridized carbons (Fsp3) is 0.542. The van der Waals surface area contributed by atoms with Gasteiger partial charge in [-0.15, -0.1) is 35.3 Å². The number of likely N-dealkylation sites (tertiary alicyclic amines) is 2. The molecule has 7 heteroatoms. The number of hydrogen-bond donors (Lipinski definition) is 2. The molecule has 0 spiro atoms. The first kappa shape index (κ1) is 24.5. The number of hydrogen-bond acceptors (Lipinski definition) is 4. The molecule has 2 aromatic rings. The molecule has 1 aromatic heterocycles. The third kappa shape index (κ3) is 7.17. The quantitative estimate of drug-likeness (QED) is 0.288. The van der Waals surface area contributed by atoms with E-state index in [9.17, 15) is 0 Å². The number of halogens is 1. The van der Waals surface area contributed by atoms with E-state index in [4.69, 9.17) is 0 Å². The minimum atomic E-state index is 0. The minimum absolute atomic E-state index is 0. The fourth-order valence-corrected chi connectivity index (χ4v) is 5.37. The van der Waals surface area contributed by atoms with E-state index >= 15 is 0 Å². The third-order valence-corrected chi connectivity index (χ3v) is 7.20. The lowest BCUT2D eigenvalue weighted by atomic mass is 10.1. The van der Waals surface area contributed by atoms with Crippen LogP contribution in [0.25, 0.3) is 0 Å². The highest BCUT2D eigenvalue weighted by Crippen LogP contribution is 2.27. The van der Waals surface area contributed by atoms with Crippen molar-refractivity contribution in [1.29, 1.82) is 0 Å². The predicted molar refractivity (Wildman–Crippen MR) is 142 cm³/mol. The van der Waals surface area contributed by atoms with Gasteiger partial charge in [0.15, 0.2) is 5.96 Å². The van der Waals surface area contributed by atoms with Gasteiger partial charge in [0, 0.05) is 31.6 Å². The van der Waals surface area contributed by atoms with Crippen LogP contribution in [0, 0.1) is 0 Å². The zero-order chi connectivity index (χ0) is 20.6. The van der Waals surface area contributed by atoms with Gasteiger partial charge < -0.3 is 10.6 Å². The molecule has 5 nitrogen and oxygen atoms in total. The van der Waals surface area contributed by atoms with E-state index in [1.165, 1.54) is 67.9 Å². The van der Waals surface area contributed by atoms with Crippen molar-refractivity contribution in [2.75, 3.05) is 39.8 Å². The van der Waals surface area contributed by atoms with Gasteiger partial charge in [-0.3, -0.25) is 14.8 Å². The average molecular weight is 554 g/mol. The van der Waals surface area contributed by atoms with Gasteiger partial charge in [0.1, 0.15) is 0 Å². The van der Waals surface area contributed by atoms with Crippen molar-refractivity contribution >= 4 is 41.3 Å². The van der Waals surface area contributed by atoms with Crippen LogP contribution in [0.4, 0.5) is 0 Å². The summed E-state index contributed by atoms with van der Waals surface area (Å²) in [7, 11) is 1.85. The van der Waals surface area contributed by atoms with Gasteiger partial charge in [0.2, 0.25) is 0 Å². The van der Waals surface area contributed by atoms with Crippen LogP contribution in [-0.4, -0.2) is 55.5 Å². The lowest BCUT2D eigenvalue weighted by Crippen LogP contribution is -2.42. The molecule has 1 unspecified atom stereocenters. The Bertz CT molecular complexity index is 781. The lowest BCUT2D eigenvalue weighted by molar-refractivity contribution is 0.249. The maximum absolute atomic E-state index is 4.44. The Morgan fingerprint density at radius 2 is 1.65 bits per heavy atom. The summed E-state index contributed by atoms with van der Waals surface area (Å²) in [5.74, 6) is 0.872. The molecule has 2 N–H and O–H groups in total. The molecule has 0 bridgehead atoms. The SMILES string of the molecule is CN=C(NCc1ccc(CN2CCCC2)cc1)NCC(c1cccs1)N1CCCC1.I. The van der Waals surface area contributed by atoms with E-state index in [0.717, 1.165) is 25.6 Å². The number of guanidine groups is 1. The van der Waals surface area contributed by atoms with Gasteiger partial charge in [-0.05, 0) is 74.4 Å². The maximum Gasteiger partial charge on any atom is 0.191 e. The van der Waals surface area contributed by atoms with Gasteiger partial charge >= 0.3 is 0 Å². The van der Waals surface area contributed by atoms with Crippen LogP contribution >= 0.6 is 35.3 Å². The fourth-order valence-electron chi connectivity index (χ4n) is 4.50. The summed E-state index contributed by atoms with van der Waals surface area (Å²) in [4.78, 5) is 11.0. The largest absolute Gasteiger partial charge is 0.354 e. The summed E-state index contributed by atoms with van der Waals surface area (Å²) in [6.07, 6.45) is 5.31. The van der Waals surface area contributed by atoms with Gasteiger partial charge in [0.05, 0.1) is 6.04 Å². The summed E-state index contributed by atoms with van der Waals surface area (Å²) in [5.41, 5.74) is 2.70. The van der Waals surface area contributed by atoms with Gasteiger partial charge in [-0.25, -0.2) is 0 Å². The highest BCUT2D eigenvalue weighted by molar-refractivity contribution is 14.0. The predicted octanol–water partition coefficient (Wildman–Crippen LogP) is 4.46. The lowest BCUT2D eigenvalue weighted by Gasteiger charge is -2.27. The Kier molecular flexibility index (Phi) is 10.1. The van der Waals surface area contributed by atoms with Crippen molar-refractivity contribution in [3.63, 3.8) is 0 Å². The molecular weight excluding hydrogens is 517 g/mol. The number of nitrogens with one attached hydrogen (secondary N) is 2. The Morgan fingerprint density at radius 3 is 2.29 bits per heavy atom. The smallest absolute Gasteiger partial charge is 0.191 e. The second kappa shape index (κ2) is 12.8. The van der Waals surface area contributed by atoms with E-state index in [0.29, 0.717) is 6.04 Å². The van der Waals surface area contributed by atoms with Gasteiger partial charge in [-0.2, -0.15) is 0 Å². The van der Waals surface area contributed by atoms with Crippen molar-refractivity contribution < 1.29 is 0 Å².